The van der Waals surface area contributed by atoms with Gasteiger partial charge in [0.25, 0.3) is 17.5 Å². The number of carbonyl (C=O) groups excluding carboxylic acids is 2. The molecule has 0 bridgehead atoms. The predicted octanol–water partition coefficient (Wildman–Crippen LogP) is 2.48. The highest BCUT2D eigenvalue weighted by molar-refractivity contribution is 5.92. The molecule has 2 N–H and O–H groups in total. The molecule has 3 rings (SSSR count). The van der Waals surface area contributed by atoms with Crippen molar-refractivity contribution in [3.05, 3.63) is 63.6 Å². The third-order valence-electron chi connectivity index (χ3n) is 4.37. The van der Waals surface area contributed by atoms with Crippen molar-refractivity contribution in [1.29, 1.82) is 0 Å². The molecule has 0 aliphatic carbocycles. The van der Waals surface area contributed by atoms with Crippen LogP contribution in [0.4, 0.5) is 17.2 Å². The Morgan fingerprint density at radius 2 is 1.79 bits per heavy atom. The maximum absolute atomic E-state index is 12.3. The summed E-state index contributed by atoms with van der Waals surface area (Å²) in [5.74, 6) is -0.523. The Hall–Kier alpha value is -4.35. The zero-order valence-electron chi connectivity index (χ0n) is 18.4. The van der Waals surface area contributed by atoms with Crippen LogP contribution in [0.15, 0.2) is 36.4 Å². The lowest BCUT2D eigenvalue weighted by Crippen LogP contribution is -2.23. The lowest BCUT2D eigenvalue weighted by atomic mass is 10.2. The monoisotopic (exact) mass is 453 g/mol. The fourth-order valence-corrected chi connectivity index (χ4v) is 3.02. The highest BCUT2D eigenvalue weighted by Crippen LogP contribution is 2.23. The van der Waals surface area contributed by atoms with E-state index in [4.69, 9.17) is 4.74 Å². The molecule has 0 saturated heterocycles. The lowest BCUT2D eigenvalue weighted by molar-refractivity contribution is -0.384. The molecule has 33 heavy (non-hydrogen) atoms. The average Bonchev–Trinajstić information content (AvgIpc) is 3.11. The number of para-hydroxylation sites is 2. The van der Waals surface area contributed by atoms with E-state index in [9.17, 15) is 19.7 Å². The van der Waals surface area contributed by atoms with Gasteiger partial charge in [-0.2, -0.15) is 9.78 Å². The highest BCUT2D eigenvalue weighted by Gasteiger charge is 2.16. The van der Waals surface area contributed by atoms with Crippen molar-refractivity contribution < 1.29 is 19.2 Å². The molecule has 0 unspecified atom stereocenters. The molecule has 0 atom stereocenters. The second-order valence-corrected chi connectivity index (χ2v) is 7.19. The van der Waals surface area contributed by atoms with Gasteiger partial charge in [-0.05, 0) is 32.9 Å². The summed E-state index contributed by atoms with van der Waals surface area (Å²) in [5.41, 5.74) is 2.36. The van der Waals surface area contributed by atoms with Gasteiger partial charge < -0.3 is 15.4 Å². The number of rotatable bonds is 9. The number of aryl methyl sites for hydroxylation is 3. The maximum atomic E-state index is 12.3. The number of carbonyl (C=O) groups is 2. The Bertz CT molecular complexity index is 1170. The first-order valence-corrected chi connectivity index (χ1v) is 10.0. The number of benzene rings is 1. The number of hydrogen-bond acceptors (Lipinski definition) is 9. The van der Waals surface area contributed by atoms with E-state index >= 15 is 0 Å². The number of aromatic nitrogens is 4. The Morgan fingerprint density at radius 1 is 1.09 bits per heavy atom. The molecule has 172 valence electrons. The van der Waals surface area contributed by atoms with Crippen molar-refractivity contribution in [2.24, 2.45) is 0 Å². The Kier molecular flexibility index (Phi) is 7.28. The molecular weight excluding hydrogens is 430 g/mol. The summed E-state index contributed by atoms with van der Waals surface area (Å²) in [6.45, 7) is 5.04. The zero-order chi connectivity index (χ0) is 24.0. The molecule has 3 aromatic rings. The van der Waals surface area contributed by atoms with E-state index in [2.05, 4.69) is 25.7 Å². The first-order chi connectivity index (χ1) is 15.7. The molecule has 1 amide bonds. The molecule has 0 fully saturated rings. The van der Waals surface area contributed by atoms with Crippen LogP contribution in [-0.2, 0) is 14.3 Å². The molecule has 1 aromatic carbocycles. The topological polar surface area (TPSA) is 154 Å². The van der Waals surface area contributed by atoms with Crippen LogP contribution in [0.2, 0.25) is 0 Å². The van der Waals surface area contributed by atoms with Gasteiger partial charge in [0.05, 0.1) is 17.0 Å². The van der Waals surface area contributed by atoms with Crippen molar-refractivity contribution >= 4 is 29.1 Å². The molecule has 2 aromatic heterocycles. The molecule has 0 spiro atoms. The fourth-order valence-electron chi connectivity index (χ4n) is 3.02. The molecule has 0 aliphatic rings. The van der Waals surface area contributed by atoms with Crippen molar-refractivity contribution in [2.45, 2.75) is 27.2 Å². The normalized spacial score (nSPS) is 10.5. The fraction of sp³-hybridized carbons (Fsp3) is 0.286. The van der Waals surface area contributed by atoms with Crippen molar-refractivity contribution in [3.63, 3.8) is 0 Å². The number of nitro benzene ring substituents is 1. The van der Waals surface area contributed by atoms with Crippen molar-refractivity contribution in [1.82, 2.24) is 19.7 Å². The number of nitrogens with one attached hydrogen (secondary N) is 2. The van der Waals surface area contributed by atoms with Crippen LogP contribution in [0.5, 0.6) is 0 Å². The van der Waals surface area contributed by atoms with Gasteiger partial charge >= 0.3 is 5.97 Å². The van der Waals surface area contributed by atoms with Gasteiger partial charge in [0.1, 0.15) is 11.5 Å². The third-order valence-corrected chi connectivity index (χ3v) is 4.37. The Balaban J connectivity index is 1.52. The second kappa shape index (κ2) is 10.3. The summed E-state index contributed by atoms with van der Waals surface area (Å²) in [6.07, 6.45) is -0.0766. The quantitative estimate of drug-likeness (QED) is 0.282. The number of amides is 1. The molecule has 0 radical (unpaired) electrons. The number of hydrogen-bond donors (Lipinski definition) is 2. The van der Waals surface area contributed by atoms with Gasteiger partial charge in [-0.3, -0.25) is 19.7 Å². The summed E-state index contributed by atoms with van der Waals surface area (Å²) < 4.78 is 6.40. The molecule has 2 heterocycles. The van der Waals surface area contributed by atoms with Crippen molar-refractivity contribution in [3.8, 4) is 5.95 Å². The first-order valence-electron chi connectivity index (χ1n) is 10.0. The summed E-state index contributed by atoms with van der Waals surface area (Å²) in [4.78, 5) is 43.4. The van der Waals surface area contributed by atoms with E-state index in [1.165, 1.54) is 10.7 Å². The van der Waals surface area contributed by atoms with Gasteiger partial charge in [-0.15, -0.1) is 0 Å². The number of anilines is 2. The minimum absolute atomic E-state index is 0.0766. The summed E-state index contributed by atoms with van der Waals surface area (Å²) in [7, 11) is 0. The van der Waals surface area contributed by atoms with Crippen LogP contribution in [0, 0.1) is 30.9 Å². The number of nitro groups is 1. The van der Waals surface area contributed by atoms with Crippen LogP contribution in [-0.4, -0.2) is 49.7 Å². The zero-order valence-corrected chi connectivity index (χ0v) is 18.4. The van der Waals surface area contributed by atoms with Crippen molar-refractivity contribution in [2.75, 3.05) is 23.8 Å². The Morgan fingerprint density at radius 3 is 2.48 bits per heavy atom. The minimum atomic E-state index is -0.626. The largest absolute Gasteiger partial charge is 0.456 e. The van der Waals surface area contributed by atoms with Crippen LogP contribution < -0.4 is 10.6 Å². The van der Waals surface area contributed by atoms with E-state index in [0.29, 0.717) is 23.1 Å². The molecule has 12 nitrogen and oxygen atoms in total. The van der Waals surface area contributed by atoms with E-state index in [1.54, 1.807) is 31.2 Å². The molecule has 0 saturated carbocycles. The maximum Gasteiger partial charge on any atom is 0.308 e. The van der Waals surface area contributed by atoms with E-state index in [-0.39, 0.29) is 18.7 Å². The van der Waals surface area contributed by atoms with Gasteiger partial charge in [-0.25, -0.2) is 9.97 Å². The molecular formula is C21H23N7O5. The Labute approximate surface area is 189 Å². The molecule has 0 aliphatic heterocycles. The minimum Gasteiger partial charge on any atom is -0.456 e. The summed E-state index contributed by atoms with van der Waals surface area (Å²) in [5, 5.41) is 20.8. The molecule has 12 heteroatoms. The number of ether oxygens (including phenoxy) is 1. The summed E-state index contributed by atoms with van der Waals surface area (Å²) in [6, 6.07) is 9.57. The smallest absolute Gasteiger partial charge is 0.308 e. The standard InChI is InChI=1S/C21H23N7O5/c1-13-10-14(2)24-21(23-13)27-18(11-15(3)26-27)25-19(29)12-33-20(30)8-9-22-16-6-4-5-7-17(16)28(31)32/h4-7,10-11,22H,8-9,12H2,1-3H3,(H,25,29). The highest BCUT2D eigenvalue weighted by atomic mass is 16.6. The van der Waals surface area contributed by atoms with Gasteiger partial charge in [-0.1, -0.05) is 12.1 Å². The lowest BCUT2D eigenvalue weighted by Gasteiger charge is -2.10. The average molecular weight is 453 g/mol. The predicted molar refractivity (Wildman–Crippen MR) is 119 cm³/mol. The SMILES string of the molecule is Cc1cc(C)nc(-n2nc(C)cc2NC(=O)COC(=O)CCNc2ccccc2[N+](=O)[O-])n1. The number of nitrogens with zero attached hydrogens (tertiary/aromatic N) is 5. The van der Waals surface area contributed by atoms with E-state index in [1.807, 2.05) is 19.9 Å². The van der Waals surface area contributed by atoms with E-state index in [0.717, 1.165) is 11.4 Å². The summed E-state index contributed by atoms with van der Waals surface area (Å²) >= 11 is 0. The third kappa shape index (κ3) is 6.32. The first kappa shape index (κ1) is 23.3. The van der Waals surface area contributed by atoms with Gasteiger partial charge in [0.15, 0.2) is 6.61 Å². The second-order valence-electron chi connectivity index (χ2n) is 7.19. The van der Waals surface area contributed by atoms with Crippen LogP contribution in [0.3, 0.4) is 0 Å². The van der Waals surface area contributed by atoms with Crippen LogP contribution in [0.1, 0.15) is 23.5 Å². The van der Waals surface area contributed by atoms with Crippen LogP contribution >= 0.6 is 0 Å². The van der Waals surface area contributed by atoms with Crippen LogP contribution in [0.25, 0.3) is 5.95 Å². The van der Waals surface area contributed by atoms with Gasteiger partial charge in [0.2, 0.25) is 0 Å². The number of esters is 1. The van der Waals surface area contributed by atoms with E-state index < -0.39 is 23.4 Å². The van der Waals surface area contributed by atoms with Gasteiger partial charge in [0, 0.05) is 30.1 Å².